The van der Waals surface area contributed by atoms with Crippen LogP contribution in [0.1, 0.15) is 27.3 Å². The average molecular weight is 468 g/mol. The monoisotopic (exact) mass is 467 g/mol. The zero-order valence-corrected chi connectivity index (χ0v) is 18.9. The van der Waals surface area contributed by atoms with E-state index in [1.54, 1.807) is 11.4 Å². The van der Waals surface area contributed by atoms with Gasteiger partial charge in [-0.2, -0.15) is 9.61 Å². The summed E-state index contributed by atoms with van der Waals surface area (Å²) < 4.78 is 1.68. The fourth-order valence-electron chi connectivity index (χ4n) is 3.00. The normalized spacial score (nSPS) is 10.8. The summed E-state index contributed by atoms with van der Waals surface area (Å²) in [5.74, 6) is 0.164. The zero-order chi connectivity index (χ0) is 23.0. The van der Waals surface area contributed by atoms with Crippen molar-refractivity contribution in [3.8, 4) is 10.6 Å². The summed E-state index contributed by atoms with van der Waals surface area (Å²) in [6, 6.07) is 10.0. The number of aryl methyl sites for hydroxylation is 3. The lowest BCUT2D eigenvalue weighted by atomic mass is 10.1. The molecule has 32 heavy (non-hydrogen) atoms. The highest BCUT2D eigenvalue weighted by Gasteiger charge is 2.17. The SMILES string of the molecule is Cc1ccc(-c2nn3c(C)nnc3s2)cc1NC(=S)NC(=O)c1ccc(C)c([N+](=O)[O-])c1. The van der Waals surface area contributed by atoms with Crippen molar-refractivity contribution in [1.82, 2.24) is 25.1 Å². The molecule has 0 saturated heterocycles. The molecule has 0 aliphatic rings. The van der Waals surface area contributed by atoms with Crippen LogP contribution >= 0.6 is 23.6 Å². The van der Waals surface area contributed by atoms with E-state index in [1.807, 2.05) is 32.0 Å². The summed E-state index contributed by atoms with van der Waals surface area (Å²) >= 11 is 6.70. The number of thiocarbonyl (C=S) groups is 1. The molecule has 0 aliphatic heterocycles. The lowest BCUT2D eigenvalue weighted by Crippen LogP contribution is -2.34. The van der Waals surface area contributed by atoms with E-state index in [-0.39, 0.29) is 16.4 Å². The molecule has 1 amide bonds. The summed E-state index contributed by atoms with van der Waals surface area (Å²) in [5, 5.41) is 30.2. The molecule has 0 aliphatic carbocycles. The maximum atomic E-state index is 12.5. The average Bonchev–Trinajstić information content (AvgIpc) is 3.31. The Bertz CT molecular complexity index is 1390. The van der Waals surface area contributed by atoms with Gasteiger partial charge in [0, 0.05) is 28.4 Å². The molecule has 12 heteroatoms. The molecule has 0 fully saturated rings. The first-order chi connectivity index (χ1) is 15.2. The van der Waals surface area contributed by atoms with Gasteiger partial charge in [0.1, 0.15) is 5.01 Å². The van der Waals surface area contributed by atoms with Gasteiger partial charge in [0.25, 0.3) is 11.6 Å². The lowest BCUT2D eigenvalue weighted by Gasteiger charge is -2.13. The summed E-state index contributed by atoms with van der Waals surface area (Å²) in [6.45, 7) is 5.34. The molecule has 2 heterocycles. The van der Waals surface area contributed by atoms with E-state index in [9.17, 15) is 14.9 Å². The second-order valence-corrected chi connectivity index (χ2v) is 8.41. The van der Waals surface area contributed by atoms with Gasteiger partial charge in [-0.25, -0.2) is 0 Å². The maximum absolute atomic E-state index is 12.5. The second kappa shape index (κ2) is 8.40. The molecule has 2 N–H and O–H groups in total. The molecule has 0 radical (unpaired) electrons. The standard InChI is InChI=1S/C20H17N7O3S2/c1-10-4-7-14(18-25-26-12(3)23-24-20(26)32-18)8-15(10)21-19(31)22-17(28)13-6-5-11(2)16(9-13)27(29)30/h4-9H,1-3H3,(H2,21,22,28,31). The molecule has 0 unspecified atom stereocenters. The van der Waals surface area contributed by atoms with E-state index < -0.39 is 10.8 Å². The Morgan fingerprint density at radius 2 is 1.88 bits per heavy atom. The highest BCUT2D eigenvalue weighted by atomic mass is 32.1. The van der Waals surface area contributed by atoms with E-state index >= 15 is 0 Å². The second-order valence-electron chi connectivity index (χ2n) is 7.05. The quantitative estimate of drug-likeness (QED) is 0.263. The Kier molecular flexibility index (Phi) is 5.63. The van der Waals surface area contributed by atoms with Gasteiger partial charge >= 0.3 is 0 Å². The molecule has 0 bridgehead atoms. The molecule has 2 aromatic carbocycles. The molecular formula is C20H17N7O3S2. The number of aromatic nitrogens is 4. The van der Waals surface area contributed by atoms with Gasteiger partial charge in [-0.1, -0.05) is 29.5 Å². The Balaban J connectivity index is 1.52. The van der Waals surface area contributed by atoms with E-state index in [0.29, 0.717) is 22.0 Å². The third-order valence-electron chi connectivity index (χ3n) is 4.77. The number of rotatable bonds is 4. The van der Waals surface area contributed by atoms with Crippen molar-refractivity contribution in [3.05, 3.63) is 69.0 Å². The Hall–Kier alpha value is -3.77. The minimum atomic E-state index is -0.538. The van der Waals surface area contributed by atoms with Crippen LogP contribution in [0.2, 0.25) is 0 Å². The Morgan fingerprint density at radius 3 is 2.59 bits per heavy atom. The highest BCUT2D eigenvalue weighted by molar-refractivity contribution is 7.80. The number of nitrogens with one attached hydrogen (secondary N) is 2. The van der Waals surface area contributed by atoms with Crippen LogP contribution in [0, 0.1) is 30.9 Å². The number of carbonyl (C=O) groups is 1. The predicted molar refractivity (Wildman–Crippen MR) is 125 cm³/mol. The van der Waals surface area contributed by atoms with E-state index in [1.165, 1.54) is 29.5 Å². The number of anilines is 1. The van der Waals surface area contributed by atoms with Crippen LogP contribution in [-0.4, -0.2) is 35.8 Å². The third kappa shape index (κ3) is 4.18. The van der Waals surface area contributed by atoms with Crippen LogP contribution in [-0.2, 0) is 0 Å². The number of nitro benzene ring substituents is 1. The number of hydrogen-bond donors (Lipinski definition) is 2. The van der Waals surface area contributed by atoms with Crippen molar-refractivity contribution < 1.29 is 9.72 Å². The molecule has 4 aromatic rings. The Morgan fingerprint density at radius 1 is 1.12 bits per heavy atom. The van der Waals surface area contributed by atoms with Crippen LogP contribution in [0.4, 0.5) is 11.4 Å². The lowest BCUT2D eigenvalue weighted by molar-refractivity contribution is -0.385. The van der Waals surface area contributed by atoms with Gasteiger partial charge in [-0.3, -0.25) is 20.2 Å². The van der Waals surface area contributed by atoms with Gasteiger partial charge in [0.2, 0.25) is 4.96 Å². The maximum Gasteiger partial charge on any atom is 0.273 e. The highest BCUT2D eigenvalue weighted by Crippen LogP contribution is 2.29. The summed E-state index contributed by atoms with van der Waals surface area (Å²) in [6.07, 6.45) is 0. The third-order valence-corrected chi connectivity index (χ3v) is 5.93. The van der Waals surface area contributed by atoms with Crippen LogP contribution < -0.4 is 10.6 Å². The van der Waals surface area contributed by atoms with Gasteiger partial charge in [0.05, 0.1) is 4.92 Å². The van der Waals surface area contributed by atoms with Crippen molar-refractivity contribution in [3.63, 3.8) is 0 Å². The van der Waals surface area contributed by atoms with Crippen molar-refractivity contribution >= 4 is 50.9 Å². The number of nitro groups is 1. The van der Waals surface area contributed by atoms with E-state index in [2.05, 4.69) is 25.9 Å². The predicted octanol–water partition coefficient (Wildman–Crippen LogP) is 3.81. The molecule has 10 nitrogen and oxygen atoms in total. The van der Waals surface area contributed by atoms with Crippen molar-refractivity contribution in [2.24, 2.45) is 0 Å². The van der Waals surface area contributed by atoms with Crippen LogP contribution in [0.5, 0.6) is 0 Å². The van der Waals surface area contributed by atoms with Crippen LogP contribution in [0.3, 0.4) is 0 Å². The van der Waals surface area contributed by atoms with Gasteiger partial charge in [-0.05, 0) is 50.7 Å². The molecule has 0 saturated carbocycles. The number of hydrogen-bond acceptors (Lipinski definition) is 8. The van der Waals surface area contributed by atoms with Crippen molar-refractivity contribution in [1.29, 1.82) is 0 Å². The van der Waals surface area contributed by atoms with Crippen LogP contribution in [0.25, 0.3) is 15.5 Å². The summed E-state index contributed by atoms with van der Waals surface area (Å²) in [7, 11) is 0. The summed E-state index contributed by atoms with van der Waals surface area (Å²) in [5.41, 5.74) is 2.96. The molecule has 0 spiro atoms. The number of fused-ring (bicyclic) bond motifs is 1. The largest absolute Gasteiger partial charge is 0.332 e. The zero-order valence-electron chi connectivity index (χ0n) is 17.2. The van der Waals surface area contributed by atoms with Crippen LogP contribution in [0.15, 0.2) is 36.4 Å². The molecule has 162 valence electrons. The summed E-state index contributed by atoms with van der Waals surface area (Å²) in [4.78, 5) is 23.8. The first kappa shape index (κ1) is 21.5. The van der Waals surface area contributed by atoms with Crippen molar-refractivity contribution in [2.75, 3.05) is 5.32 Å². The number of benzene rings is 2. The van der Waals surface area contributed by atoms with Crippen molar-refractivity contribution in [2.45, 2.75) is 20.8 Å². The minimum absolute atomic E-state index is 0.0764. The fourth-order valence-corrected chi connectivity index (χ4v) is 4.08. The fraction of sp³-hybridized carbons (Fsp3) is 0.150. The first-order valence-corrected chi connectivity index (χ1v) is 10.6. The van der Waals surface area contributed by atoms with E-state index in [0.717, 1.165) is 16.1 Å². The van der Waals surface area contributed by atoms with Gasteiger partial charge in [0.15, 0.2) is 10.9 Å². The first-order valence-electron chi connectivity index (χ1n) is 9.40. The topological polar surface area (TPSA) is 127 Å². The minimum Gasteiger partial charge on any atom is -0.332 e. The molecule has 2 aromatic heterocycles. The Labute approximate surface area is 191 Å². The number of carbonyl (C=O) groups excluding carboxylic acids is 1. The molecule has 0 atom stereocenters. The smallest absolute Gasteiger partial charge is 0.273 e. The molecular weight excluding hydrogens is 450 g/mol. The molecule has 4 rings (SSSR count). The van der Waals surface area contributed by atoms with E-state index in [4.69, 9.17) is 12.2 Å². The number of nitrogens with zero attached hydrogens (tertiary/aromatic N) is 5. The van der Waals surface area contributed by atoms with Gasteiger partial charge < -0.3 is 5.32 Å². The van der Waals surface area contributed by atoms with Gasteiger partial charge in [-0.15, -0.1) is 10.2 Å². The number of amides is 1.